The number of carbonyl (C=O) groups is 1. The highest BCUT2D eigenvalue weighted by Crippen LogP contribution is 1.90. The van der Waals surface area contributed by atoms with Crippen molar-refractivity contribution in [3.63, 3.8) is 0 Å². The van der Waals surface area contributed by atoms with E-state index in [4.69, 9.17) is 5.84 Å². The number of hydrogen-bond acceptors (Lipinski definition) is 4. The average molecular weight is 181 g/mol. The van der Waals surface area contributed by atoms with Gasteiger partial charge >= 0.3 is 0 Å². The van der Waals surface area contributed by atoms with Crippen LogP contribution < -0.4 is 11.3 Å². The first kappa shape index (κ1) is 10.3. The largest absolute Gasteiger partial charge is 0.293 e. The molecule has 66 valence electrons. The molecule has 0 aliphatic carbocycles. The predicted octanol–water partition coefficient (Wildman–Crippen LogP) is -2.13. The lowest BCUT2D eigenvalue weighted by Crippen LogP contribution is -2.40. The van der Waals surface area contributed by atoms with Crippen LogP contribution in [0.1, 0.15) is 0 Å². The van der Waals surface area contributed by atoms with Gasteiger partial charge in [-0.25, -0.2) is 14.3 Å². The minimum atomic E-state index is -3.29. The van der Waals surface area contributed by atoms with Crippen molar-refractivity contribution in [2.45, 2.75) is 0 Å². The van der Waals surface area contributed by atoms with E-state index < -0.39 is 15.9 Å². The van der Waals surface area contributed by atoms with Crippen LogP contribution in [-0.4, -0.2) is 38.5 Å². The van der Waals surface area contributed by atoms with Crippen molar-refractivity contribution in [1.82, 2.24) is 9.73 Å². The van der Waals surface area contributed by atoms with Gasteiger partial charge in [0, 0.05) is 7.05 Å². The van der Waals surface area contributed by atoms with Crippen LogP contribution in [-0.2, 0) is 14.8 Å². The lowest BCUT2D eigenvalue weighted by atomic mass is 10.6. The molecule has 0 atom stereocenters. The number of rotatable bonds is 3. The molecule has 0 aromatic carbocycles. The number of nitrogens with zero attached hydrogens (tertiary/aromatic N) is 1. The lowest BCUT2D eigenvalue weighted by Gasteiger charge is -2.11. The van der Waals surface area contributed by atoms with Gasteiger partial charge in [0.25, 0.3) is 0 Å². The molecule has 0 heterocycles. The van der Waals surface area contributed by atoms with Crippen LogP contribution in [0.15, 0.2) is 0 Å². The molecular weight excluding hydrogens is 170 g/mol. The Balaban J connectivity index is 4.10. The second-order valence-corrected chi connectivity index (χ2v) is 4.18. The van der Waals surface area contributed by atoms with Crippen molar-refractivity contribution in [2.24, 2.45) is 5.84 Å². The van der Waals surface area contributed by atoms with E-state index >= 15 is 0 Å². The fraction of sp³-hybridized carbons (Fsp3) is 0.750. The van der Waals surface area contributed by atoms with Crippen LogP contribution in [0.4, 0.5) is 0 Å². The molecule has 0 spiro atoms. The molecule has 0 rings (SSSR count). The number of amides is 1. The van der Waals surface area contributed by atoms with Crippen molar-refractivity contribution >= 4 is 15.9 Å². The summed E-state index contributed by atoms with van der Waals surface area (Å²) in [5.41, 5.74) is 1.82. The van der Waals surface area contributed by atoms with Gasteiger partial charge in [0.2, 0.25) is 15.9 Å². The summed E-state index contributed by atoms with van der Waals surface area (Å²) in [6, 6.07) is 0. The second-order valence-electron chi connectivity index (χ2n) is 2.09. The number of carbonyl (C=O) groups excluding carboxylic acids is 1. The molecule has 0 aromatic rings. The van der Waals surface area contributed by atoms with Gasteiger partial charge in [-0.1, -0.05) is 0 Å². The van der Waals surface area contributed by atoms with Crippen LogP contribution in [0.3, 0.4) is 0 Å². The summed E-state index contributed by atoms with van der Waals surface area (Å²) < 4.78 is 22.3. The smallest absolute Gasteiger partial charge is 0.249 e. The van der Waals surface area contributed by atoms with E-state index in [1.54, 1.807) is 0 Å². The normalized spacial score (nSPS) is 11.6. The molecule has 0 unspecified atom stereocenters. The van der Waals surface area contributed by atoms with Gasteiger partial charge in [0.1, 0.15) is 0 Å². The lowest BCUT2D eigenvalue weighted by molar-refractivity contribution is -0.121. The maximum atomic E-state index is 10.7. The number of hydrazine groups is 1. The predicted molar refractivity (Wildman–Crippen MR) is 39.8 cm³/mol. The Labute approximate surface area is 65.4 Å². The van der Waals surface area contributed by atoms with Gasteiger partial charge in [0.15, 0.2) is 0 Å². The molecular formula is C4H11N3O3S. The Bertz CT molecular complexity index is 235. The third kappa shape index (κ3) is 3.91. The van der Waals surface area contributed by atoms with Crippen LogP contribution in [0.2, 0.25) is 0 Å². The fourth-order valence-electron chi connectivity index (χ4n) is 0.365. The summed E-state index contributed by atoms with van der Waals surface area (Å²) in [7, 11) is -1.99. The van der Waals surface area contributed by atoms with Crippen LogP contribution >= 0.6 is 0 Å². The van der Waals surface area contributed by atoms with Crippen molar-refractivity contribution < 1.29 is 13.2 Å². The molecule has 0 fully saturated rings. The van der Waals surface area contributed by atoms with E-state index in [0.717, 1.165) is 10.6 Å². The van der Waals surface area contributed by atoms with E-state index in [1.807, 2.05) is 5.43 Å². The molecule has 11 heavy (non-hydrogen) atoms. The molecule has 0 aliphatic rings. The molecule has 0 aliphatic heterocycles. The third-order valence-electron chi connectivity index (χ3n) is 1.09. The summed E-state index contributed by atoms with van der Waals surface area (Å²) in [5, 5.41) is 0. The molecule has 1 amide bonds. The SMILES string of the molecule is CN(CC(=O)NN)S(C)(=O)=O. The average Bonchev–Trinajstić information content (AvgIpc) is 1.85. The third-order valence-corrected chi connectivity index (χ3v) is 2.35. The summed E-state index contributed by atoms with van der Waals surface area (Å²) >= 11 is 0. The van der Waals surface area contributed by atoms with Crippen molar-refractivity contribution in [3.8, 4) is 0 Å². The first-order valence-electron chi connectivity index (χ1n) is 2.78. The van der Waals surface area contributed by atoms with E-state index in [0.29, 0.717) is 0 Å². The Kier molecular flexibility index (Phi) is 3.43. The maximum Gasteiger partial charge on any atom is 0.249 e. The van der Waals surface area contributed by atoms with E-state index in [-0.39, 0.29) is 6.54 Å². The highest BCUT2D eigenvalue weighted by Gasteiger charge is 2.13. The van der Waals surface area contributed by atoms with Crippen molar-refractivity contribution in [2.75, 3.05) is 19.8 Å². The van der Waals surface area contributed by atoms with E-state index in [2.05, 4.69) is 0 Å². The number of sulfonamides is 1. The Hall–Kier alpha value is -0.660. The quantitative estimate of drug-likeness (QED) is 0.295. The summed E-state index contributed by atoms with van der Waals surface area (Å²) in [5.74, 6) is 4.20. The zero-order valence-electron chi connectivity index (χ0n) is 6.36. The summed E-state index contributed by atoms with van der Waals surface area (Å²) in [6.07, 6.45) is 1.01. The number of likely N-dealkylation sites (N-methyl/N-ethyl adjacent to an activating group) is 1. The van der Waals surface area contributed by atoms with E-state index in [1.165, 1.54) is 7.05 Å². The van der Waals surface area contributed by atoms with Crippen LogP contribution in [0.5, 0.6) is 0 Å². The Morgan fingerprint density at radius 2 is 2.09 bits per heavy atom. The molecule has 7 heteroatoms. The van der Waals surface area contributed by atoms with E-state index in [9.17, 15) is 13.2 Å². The summed E-state index contributed by atoms with van der Waals surface area (Å²) in [6.45, 7) is -0.255. The first-order chi connectivity index (χ1) is 4.88. The zero-order chi connectivity index (χ0) is 9.07. The molecule has 0 radical (unpaired) electrons. The van der Waals surface area contributed by atoms with Gasteiger partial charge in [-0.05, 0) is 0 Å². The first-order valence-corrected chi connectivity index (χ1v) is 4.63. The minimum absolute atomic E-state index is 0.255. The fourth-order valence-corrected chi connectivity index (χ4v) is 0.717. The maximum absolute atomic E-state index is 10.7. The molecule has 0 bridgehead atoms. The zero-order valence-corrected chi connectivity index (χ0v) is 7.18. The Morgan fingerprint density at radius 3 is 2.36 bits per heavy atom. The topological polar surface area (TPSA) is 92.5 Å². The highest BCUT2D eigenvalue weighted by atomic mass is 32.2. The molecule has 0 saturated heterocycles. The number of nitrogens with one attached hydrogen (secondary N) is 1. The van der Waals surface area contributed by atoms with Gasteiger partial charge in [0.05, 0.1) is 12.8 Å². The van der Waals surface area contributed by atoms with Crippen molar-refractivity contribution in [1.29, 1.82) is 0 Å². The highest BCUT2D eigenvalue weighted by molar-refractivity contribution is 7.88. The minimum Gasteiger partial charge on any atom is -0.293 e. The molecule has 6 nitrogen and oxygen atoms in total. The van der Waals surface area contributed by atoms with Gasteiger partial charge in [-0.15, -0.1) is 0 Å². The Morgan fingerprint density at radius 1 is 1.64 bits per heavy atom. The number of hydrogen-bond donors (Lipinski definition) is 2. The molecule has 0 aromatic heterocycles. The monoisotopic (exact) mass is 181 g/mol. The van der Waals surface area contributed by atoms with Crippen LogP contribution in [0.25, 0.3) is 0 Å². The van der Waals surface area contributed by atoms with Crippen LogP contribution in [0, 0.1) is 0 Å². The van der Waals surface area contributed by atoms with Crippen molar-refractivity contribution in [3.05, 3.63) is 0 Å². The summed E-state index contributed by atoms with van der Waals surface area (Å²) in [4.78, 5) is 10.5. The number of nitrogens with two attached hydrogens (primary N) is 1. The van der Waals surface area contributed by atoms with Gasteiger partial charge in [-0.2, -0.15) is 4.31 Å². The van der Waals surface area contributed by atoms with Gasteiger partial charge in [-0.3, -0.25) is 10.2 Å². The standard InChI is InChI=1S/C4H11N3O3S/c1-7(11(2,9)10)3-4(8)6-5/h3,5H2,1-2H3,(H,6,8). The molecule has 3 N–H and O–H groups in total. The van der Waals surface area contributed by atoms with Gasteiger partial charge < -0.3 is 0 Å². The molecule has 0 saturated carbocycles. The second kappa shape index (κ2) is 3.65.